The van der Waals surface area contributed by atoms with Crippen LogP contribution in [0.2, 0.25) is 0 Å². The summed E-state index contributed by atoms with van der Waals surface area (Å²) in [6, 6.07) is 6.20. The molecule has 0 atom stereocenters. The van der Waals surface area contributed by atoms with E-state index in [1.807, 2.05) is 6.07 Å². The summed E-state index contributed by atoms with van der Waals surface area (Å²) in [4.78, 5) is 14.9. The van der Waals surface area contributed by atoms with Crippen LogP contribution in [0.15, 0.2) is 18.2 Å². The van der Waals surface area contributed by atoms with E-state index in [4.69, 9.17) is 9.47 Å². The highest BCUT2D eigenvalue weighted by atomic mass is 16.5. The normalized spacial score (nSPS) is 19.4. The molecule has 0 aromatic heterocycles. The lowest BCUT2D eigenvalue weighted by molar-refractivity contribution is -0.158. The van der Waals surface area contributed by atoms with Gasteiger partial charge in [-0.15, -0.1) is 0 Å². The van der Waals surface area contributed by atoms with E-state index in [0.717, 1.165) is 49.2 Å². The minimum atomic E-state index is -0.0953. The van der Waals surface area contributed by atoms with E-state index in [9.17, 15) is 4.79 Å². The van der Waals surface area contributed by atoms with Crippen LogP contribution in [0.5, 0.6) is 5.75 Å². The smallest absolute Gasteiger partial charge is 0.306 e. The Kier molecular flexibility index (Phi) is 7.55. The number of aryl methyl sites for hydroxylation is 2. The molecule has 0 spiro atoms. The van der Waals surface area contributed by atoms with Gasteiger partial charge in [-0.3, -0.25) is 9.69 Å². The number of rotatable bonds is 8. The number of unbranched alkanes of at least 4 members (excludes halogenated alkanes) is 1. The third-order valence-corrected chi connectivity index (χ3v) is 6.18. The van der Waals surface area contributed by atoms with Crippen molar-refractivity contribution in [3.05, 3.63) is 29.3 Å². The van der Waals surface area contributed by atoms with Crippen LogP contribution in [0, 0.1) is 6.92 Å². The number of hydrogen-bond acceptors (Lipinski definition) is 4. The van der Waals surface area contributed by atoms with Gasteiger partial charge in [-0.1, -0.05) is 25.5 Å². The van der Waals surface area contributed by atoms with Gasteiger partial charge in [0.25, 0.3) is 0 Å². The zero-order valence-corrected chi connectivity index (χ0v) is 18.9. The van der Waals surface area contributed by atoms with Gasteiger partial charge in [-0.2, -0.15) is 0 Å². The van der Waals surface area contributed by atoms with Crippen LogP contribution in [-0.2, 0) is 16.0 Å². The Morgan fingerprint density at radius 2 is 1.82 bits per heavy atom. The molecule has 4 nitrogen and oxygen atoms in total. The van der Waals surface area contributed by atoms with Crippen molar-refractivity contribution in [1.82, 2.24) is 4.90 Å². The highest BCUT2D eigenvalue weighted by Gasteiger charge is 2.44. The van der Waals surface area contributed by atoms with Crippen molar-refractivity contribution >= 4 is 5.97 Å². The fourth-order valence-corrected chi connectivity index (χ4v) is 4.21. The Balaban J connectivity index is 1.86. The summed E-state index contributed by atoms with van der Waals surface area (Å²) in [6.45, 7) is 13.9. The third kappa shape index (κ3) is 5.97. The summed E-state index contributed by atoms with van der Waals surface area (Å²) in [5.74, 6) is 0.845. The van der Waals surface area contributed by atoms with Gasteiger partial charge in [0.1, 0.15) is 11.9 Å². The maximum absolute atomic E-state index is 12.5. The molecule has 1 aliphatic rings. The molecule has 158 valence electrons. The predicted molar refractivity (Wildman–Crippen MR) is 115 cm³/mol. The van der Waals surface area contributed by atoms with Gasteiger partial charge in [0.05, 0.1) is 6.61 Å². The van der Waals surface area contributed by atoms with Crippen LogP contribution >= 0.6 is 0 Å². The number of benzene rings is 1. The maximum atomic E-state index is 12.5. The molecule has 0 radical (unpaired) electrons. The van der Waals surface area contributed by atoms with E-state index in [1.165, 1.54) is 0 Å². The summed E-state index contributed by atoms with van der Waals surface area (Å²) < 4.78 is 11.7. The van der Waals surface area contributed by atoms with Crippen LogP contribution in [0.25, 0.3) is 0 Å². The van der Waals surface area contributed by atoms with Crippen molar-refractivity contribution in [2.75, 3.05) is 13.7 Å². The molecule has 0 amide bonds. The number of hydrogen-bond donors (Lipinski definition) is 0. The number of ether oxygens (including phenoxy) is 2. The number of carbonyl (C=O) groups excluding carboxylic acids is 1. The van der Waals surface area contributed by atoms with Gasteiger partial charge in [-0.05, 0) is 71.7 Å². The quantitative estimate of drug-likeness (QED) is 0.447. The Bertz CT molecular complexity index is 648. The average molecular weight is 390 g/mol. The molecular formula is C24H39NO3. The first-order valence-corrected chi connectivity index (χ1v) is 10.7. The average Bonchev–Trinajstić information content (AvgIpc) is 2.59. The predicted octanol–water partition coefficient (Wildman–Crippen LogP) is 5.30. The fraction of sp³-hybridized carbons (Fsp3) is 0.708. The van der Waals surface area contributed by atoms with E-state index in [-0.39, 0.29) is 23.2 Å². The third-order valence-electron chi connectivity index (χ3n) is 6.18. The number of piperidine rings is 1. The van der Waals surface area contributed by atoms with E-state index >= 15 is 0 Å². The molecule has 0 bridgehead atoms. The number of carbonyl (C=O) groups is 1. The first kappa shape index (κ1) is 22.7. The van der Waals surface area contributed by atoms with Gasteiger partial charge in [0.2, 0.25) is 0 Å². The van der Waals surface area contributed by atoms with Gasteiger partial charge >= 0.3 is 5.97 Å². The topological polar surface area (TPSA) is 38.8 Å². The monoisotopic (exact) mass is 389 g/mol. The second-order valence-electron chi connectivity index (χ2n) is 9.51. The van der Waals surface area contributed by atoms with Crippen LogP contribution < -0.4 is 4.74 Å². The lowest BCUT2D eigenvalue weighted by atomic mass is 9.79. The molecule has 1 aromatic rings. The van der Waals surface area contributed by atoms with E-state index in [1.54, 1.807) is 0 Å². The summed E-state index contributed by atoms with van der Waals surface area (Å²) in [7, 11) is 2.16. The highest BCUT2D eigenvalue weighted by molar-refractivity contribution is 5.70. The van der Waals surface area contributed by atoms with Crippen molar-refractivity contribution in [2.45, 2.75) is 97.2 Å². The lowest BCUT2D eigenvalue weighted by Crippen LogP contribution is -2.60. The Morgan fingerprint density at radius 3 is 2.39 bits per heavy atom. The molecular weight excluding hydrogens is 350 g/mol. The molecule has 1 aromatic carbocycles. The van der Waals surface area contributed by atoms with E-state index in [2.05, 4.69) is 65.6 Å². The van der Waals surface area contributed by atoms with Crippen LogP contribution in [-0.4, -0.2) is 41.7 Å². The van der Waals surface area contributed by atoms with Crippen LogP contribution in [0.3, 0.4) is 0 Å². The molecule has 1 heterocycles. The molecule has 1 fully saturated rings. The number of nitrogens with zero attached hydrogens (tertiary/aromatic N) is 1. The van der Waals surface area contributed by atoms with E-state index in [0.29, 0.717) is 12.8 Å². The summed E-state index contributed by atoms with van der Waals surface area (Å²) >= 11 is 0. The molecule has 28 heavy (non-hydrogen) atoms. The van der Waals surface area contributed by atoms with Crippen molar-refractivity contribution in [3.63, 3.8) is 0 Å². The zero-order valence-electron chi connectivity index (χ0n) is 18.9. The van der Waals surface area contributed by atoms with Crippen LogP contribution in [0.1, 0.15) is 77.8 Å². The van der Waals surface area contributed by atoms with Crippen molar-refractivity contribution in [1.29, 1.82) is 0 Å². The van der Waals surface area contributed by atoms with Gasteiger partial charge in [0, 0.05) is 30.3 Å². The fourth-order valence-electron chi connectivity index (χ4n) is 4.21. The molecule has 1 aliphatic heterocycles. The SMILES string of the molecule is CCCCOc1ccc(CCC(=O)OC2CC(C)(C)N(C)C(C)(C)C2)cc1C. The summed E-state index contributed by atoms with van der Waals surface area (Å²) in [6.07, 6.45) is 5.06. The Hall–Kier alpha value is -1.55. The Labute approximate surface area is 171 Å². The standard InChI is InChI=1S/C24H39NO3/c1-8-9-14-27-21-12-10-19(15-18(21)2)11-13-22(26)28-20-16-23(3,4)25(7)24(5,6)17-20/h10,12,15,20H,8-9,11,13-14,16-17H2,1-7H3. The Morgan fingerprint density at radius 1 is 1.18 bits per heavy atom. The second kappa shape index (κ2) is 9.30. The molecule has 0 unspecified atom stereocenters. The first-order valence-electron chi connectivity index (χ1n) is 10.7. The molecule has 0 saturated carbocycles. The van der Waals surface area contributed by atoms with Gasteiger partial charge in [-0.25, -0.2) is 0 Å². The zero-order chi connectivity index (χ0) is 20.9. The first-order chi connectivity index (χ1) is 13.0. The summed E-state index contributed by atoms with van der Waals surface area (Å²) in [5, 5.41) is 0. The molecule has 2 rings (SSSR count). The van der Waals surface area contributed by atoms with Crippen molar-refractivity contribution in [2.24, 2.45) is 0 Å². The van der Waals surface area contributed by atoms with Gasteiger partial charge < -0.3 is 9.47 Å². The number of likely N-dealkylation sites (tertiary alicyclic amines) is 1. The lowest BCUT2D eigenvalue weighted by Gasteiger charge is -2.53. The minimum Gasteiger partial charge on any atom is -0.493 e. The molecule has 1 saturated heterocycles. The van der Waals surface area contributed by atoms with Crippen molar-refractivity contribution in [3.8, 4) is 5.75 Å². The maximum Gasteiger partial charge on any atom is 0.306 e. The molecule has 4 heteroatoms. The van der Waals surface area contributed by atoms with Gasteiger partial charge in [0.15, 0.2) is 0 Å². The molecule has 0 aliphatic carbocycles. The molecule has 0 N–H and O–H groups in total. The summed E-state index contributed by atoms with van der Waals surface area (Å²) in [5.41, 5.74) is 2.33. The second-order valence-corrected chi connectivity index (χ2v) is 9.51. The minimum absolute atomic E-state index is 0.00947. The number of esters is 1. The van der Waals surface area contributed by atoms with Crippen molar-refractivity contribution < 1.29 is 14.3 Å². The van der Waals surface area contributed by atoms with E-state index < -0.39 is 0 Å². The van der Waals surface area contributed by atoms with Crippen LogP contribution in [0.4, 0.5) is 0 Å². The largest absolute Gasteiger partial charge is 0.493 e. The highest BCUT2D eigenvalue weighted by Crippen LogP contribution is 2.38.